The summed E-state index contributed by atoms with van der Waals surface area (Å²) in [6.45, 7) is 1.46. The Bertz CT molecular complexity index is 1680. The first-order chi connectivity index (χ1) is 20.8. The fraction of sp³-hybridized carbons (Fsp3) is 0.303. The number of phenols is 1. The molecule has 10 nitrogen and oxygen atoms in total. The molecular weight excluding hydrogens is 550 g/mol. The molecule has 0 radical (unpaired) electrons. The zero-order chi connectivity index (χ0) is 30.4. The van der Waals surface area contributed by atoms with Crippen LogP contribution in [0.2, 0.25) is 0 Å². The molecule has 43 heavy (non-hydrogen) atoms. The number of aromatic amines is 1. The van der Waals surface area contributed by atoms with E-state index in [0.717, 1.165) is 24.8 Å². The number of ether oxygens (including phenoxy) is 1. The quantitative estimate of drug-likeness (QED) is 0.129. The van der Waals surface area contributed by atoms with Gasteiger partial charge in [0.05, 0.1) is 18.2 Å². The van der Waals surface area contributed by atoms with Crippen LogP contribution in [0, 0.1) is 0 Å². The molecule has 4 aromatic rings. The second kappa shape index (κ2) is 13.1. The fourth-order valence-electron chi connectivity index (χ4n) is 5.63. The topological polar surface area (TPSA) is 161 Å². The Morgan fingerprint density at radius 2 is 1.84 bits per heavy atom. The number of amides is 1. The van der Waals surface area contributed by atoms with Crippen molar-refractivity contribution in [3.63, 3.8) is 0 Å². The number of aliphatic hydroxyl groups excluding tert-OH is 1. The lowest BCUT2D eigenvalue weighted by Crippen LogP contribution is -2.50. The van der Waals surface area contributed by atoms with Crippen molar-refractivity contribution in [3.8, 4) is 11.5 Å². The van der Waals surface area contributed by atoms with Gasteiger partial charge < -0.3 is 35.7 Å². The predicted molar refractivity (Wildman–Crippen MR) is 161 cm³/mol. The lowest BCUT2D eigenvalue weighted by Gasteiger charge is -2.27. The Balaban J connectivity index is 1.05. The first-order valence-corrected chi connectivity index (χ1v) is 14.4. The SMILES string of the molecule is O=C(NC1(C(=O)O)CCc2ccccc21)c1cccc(OCCCCCNC[C@H](O)c2ccc(O)c3[nH]c(=O)ccc23)c1. The predicted octanol–water partition coefficient (Wildman–Crippen LogP) is 3.76. The Morgan fingerprint density at radius 1 is 1.00 bits per heavy atom. The molecule has 5 rings (SSSR count). The molecule has 0 fully saturated rings. The van der Waals surface area contributed by atoms with E-state index in [1.54, 1.807) is 48.5 Å². The number of aromatic hydroxyl groups is 1. The maximum atomic E-state index is 13.1. The van der Waals surface area contributed by atoms with Crippen LogP contribution in [0.25, 0.3) is 10.9 Å². The van der Waals surface area contributed by atoms with Gasteiger partial charge in [-0.1, -0.05) is 36.4 Å². The van der Waals surface area contributed by atoms with E-state index in [1.807, 2.05) is 12.1 Å². The Labute approximate surface area is 248 Å². The summed E-state index contributed by atoms with van der Waals surface area (Å²) >= 11 is 0. The summed E-state index contributed by atoms with van der Waals surface area (Å²) in [6, 6.07) is 20.1. The zero-order valence-electron chi connectivity index (χ0n) is 23.6. The summed E-state index contributed by atoms with van der Waals surface area (Å²) in [4.78, 5) is 39.6. The zero-order valence-corrected chi connectivity index (χ0v) is 23.6. The highest BCUT2D eigenvalue weighted by Gasteiger charge is 2.46. The summed E-state index contributed by atoms with van der Waals surface area (Å²) in [6.07, 6.45) is 2.60. The average Bonchev–Trinajstić information content (AvgIpc) is 3.38. The second-order valence-corrected chi connectivity index (χ2v) is 10.8. The molecule has 1 amide bonds. The van der Waals surface area contributed by atoms with Crippen molar-refractivity contribution in [3.05, 3.63) is 105 Å². The van der Waals surface area contributed by atoms with Crippen molar-refractivity contribution in [1.82, 2.24) is 15.6 Å². The molecule has 224 valence electrons. The second-order valence-electron chi connectivity index (χ2n) is 10.8. The number of phenolic OH excluding ortho intramolecular Hbond substituents is 1. The number of H-pyrrole nitrogens is 1. The van der Waals surface area contributed by atoms with Gasteiger partial charge in [0.25, 0.3) is 5.91 Å². The summed E-state index contributed by atoms with van der Waals surface area (Å²) in [5.41, 5.74) is 1.03. The number of fused-ring (bicyclic) bond motifs is 2. The minimum absolute atomic E-state index is 0.0457. The smallest absolute Gasteiger partial charge is 0.334 e. The maximum absolute atomic E-state index is 13.1. The minimum atomic E-state index is -1.45. The number of carbonyl (C=O) groups is 2. The van der Waals surface area contributed by atoms with E-state index < -0.39 is 23.5 Å². The third kappa shape index (κ3) is 6.55. The summed E-state index contributed by atoms with van der Waals surface area (Å²) < 4.78 is 5.85. The van der Waals surface area contributed by atoms with Gasteiger partial charge in [-0.15, -0.1) is 0 Å². The number of aryl methyl sites for hydroxylation is 1. The Morgan fingerprint density at radius 3 is 2.67 bits per heavy atom. The van der Waals surface area contributed by atoms with Crippen LogP contribution in [0.1, 0.15) is 58.8 Å². The van der Waals surface area contributed by atoms with Crippen LogP contribution < -0.4 is 20.9 Å². The number of pyridine rings is 1. The van der Waals surface area contributed by atoms with E-state index >= 15 is 0 Å². The van der Waals surface area contributed by atoms with E-state index in [4.69, 9.17) is 4.74 Å². The number of nitrogens with one attached hydrogen (secondary N) is 3. The van der Waals surface area contributed by atoms with Crippen molar-refractivity contribution in [2.24, 2.45) is 0 Å². The van der Waals surface area contributed by atoms with Crippen LogP contribution in [-0.2, 0) is 16.8 Å². The highest BCUT2D eigenvalue weighted by Crippen LogP contribution is 2.37. The fourth-order valence-corrected chi connectivity index (χ4v) is 5.63. The lowest BCUT2D eigenvalue weighted by molar-refractivity contribution is -0.144. The van der Waals surface area contributed by atoms with E-state index in [1.165, 1.54) is 12.1 Å². The van der Waals surface area contributed by atoms with Crippen molar-refractivity contribution < 1.29 is 29.6 Å². The number of hydrogen-bond donors (Lipinski definition) is 6. The van der Waals surface area contributed by atoms with E-state index in [0.29, 0.717) is 65.9 Å². The number of carbonyl (C=O) groups excluding carboxylic acids is 1. The van der Waals surface area contributed by atoms with E-state index in [-0.39, 0.29) is 11.3 Å². The number of aliphatic carboxylic acids is 1. The van der Waals surface area contributed by atoms with Gasteiger partial charge >= 0.3 is 5.97 Å². The highest BCUT2D eigenvalue weighted by atomic mass is 16.5. The number of carboxylic acid groups (broad SMARTS) is 1. The molecule has 1 heterocycles. The van der Waals surface area contributed by atoms with Crippen molar-refractivity contribution >= 4 is 22.8 Å². The molecular formula is C33H35N3O7. The third-order valence-electron chi connectivity index (χ3n) is 7.90. The molecule has 0 saturated carbocycles. The van der Waals surface area contributed by atoms with Gasteiger partial charge in [0.1, 0.15) is 11.5 Å². The largest absolute Gasteiger partial charge is 0.506 e. The highest BCUT2D eigenvalue weighted by molar-refractivity contribution is 5.99. The van der Waals surface area contributed by atoms with E-state index in [2.05, 4.69) is 15.6 Å². The van der Waals surface area contributed by atoms with E-state index in [9.17, 15) is 29.7 Å². The molecule has 1 unspecified atom stereocenters. The van der Waals surface area contributed by atoms with Crippen LogP contribution in [0.4, 0.5) is 0 Å². The van der Waals surface area contributed by atoms with Crippen molar-refractivity contribution in [1.29, 1.82) is 0 Å². The van der Waals surface area contributed by atoms with Crippen LogP contribution >= 0.6 is 0 Å². The number of hydrogen-bond acceptors (Lipinski definition) is 7. The van der Waals surface area contributed by atoms with Gasteiger partial charge in [0.15, 0.2) is 5.54 Å². The third-order valence-corrected chi connectivity index (χ3v) is 7.90. The minimum Gasteiger partial charge on any atom is -0.506 e. The maximum Gasteiger partial charge on any atom is 0.334 e. The normalized spacial score (nSPS) is 16.5. The number of rotatable bonds is 13. The Kier molecular flexibility index (Phi) is 9.08. The molecule has 1 aliphatic rings. The first kappa shape index (κ1) is 29.8. The van der Waals surface area contributed by atoms with Gasteiger partial charge in [-0.2, -0.15) is 0 Å². The van der Waals surface area contributed by atoms with Crippen LogP contribution in [-0.4, -0.2) is 51.9 Å². The molecule has 3 aromatic carbocycles. The summed E-state index contributed by atoms with van der Waals surface area (Å²) in [7, 11) is 0. The molecule has 6 N–H and O–H groups in total. The lowest BCUT2D eigenvalue weighted by atomic mass is 9.91. The van der Waals surface area contributed by atoms with Gasteiger partial charge in [0.2, 0.25) is 5.56 Å². The van der Waals surface area contributed by atoms with Crippen LogP contribution in [0.15, 0.2) is 77.6 Å². The molecule has 2 atom stereocenters. The molecule has 1 aliphatic carbocycles. The summed E-state index contributed by atoms with van der Waals surface area (Å²) in [5, 5.41) is 37.3. The average molecular weight is 586 g/mol. The van der Waals surface area contributed by atoms with Crippen LogP contribution in [0.3, 0.4) is 0 Å². The molecule has 10 heteroatoms. The number of aliphatic hydroxyl groups is 1. The van der Waals surface area contributed by atoms with Crippen LogP contribution in [0.5, 0.6) is 11.5 Å². The van der Waals surface area contributed by atoms with Gasteiger partial charge in [-0.05, 0) is 85.7 Å². The van der Waals surface area contributed by atoms with Gasteiger partial charge in [0, 0.05) is 23.6 Å². The van der Waals surface area contributed by atoms with Crippen molar-refractivity contribution in [2.45, 2.75) is 43.7 Å². The monoisotopic (exact) mass is 585 g/mol. The Hall–Kier alpha value is -4.67. The molecule has 0 bridgehead atoms. The number of unbranched alkanes of at least 4 members (excludes halogenated alkanes) is 2. The standard InChI is InChI=1S/C33H35N3O7/c37-27-13-11-24(25-12-14-29(39)35-30(25)27)28(38)20-34-17-4-1-5-18-43-23-9-6-8-22(19-23)31(40)36-33(32(41)42)16-15-21-7-2-3-10-26(21)33/h2-3,6-14,19,28,34,37-38H,1,4-5,15-18,20H2,(H,35,39)(H,36,40)(H,41,42)/t28-,33?/m0/s1. The first-order valence-electron chi connectivity index (χ1n) is 14.4. The number of benzene rings is 3. The number of aromatic nitrogens is 1. The van der Waals surface area contributed by atoms with Gasteiger partial charge in [-0.25, -0.2) is 4.79 Å². The molecule has 0 aliphatic heterocycles. The summed E-state index contributed by atoms with van der Waals surface area (Å²) in [5.74, 6) is -1.05. The molecule has 1 aromatic heterocycles. The molecule has 0 spiro atoms. The van der Waals surface area contributed by atoms with Gasteiger partial charge in [-0.3, -0.25) is 9.59 Å². The number of carboxylic acids is 1. The molecule has 0 saturated heterocycles. The van der Waals surface area contributed by atoms with Crippen molar-refractivity contribution in [2.75, 3.05) is 19.7 Å².